The Morgan fingerprint density at radius 1 is 1.16 bits per heavy atom. The number of rotatable bonds is 6. The highest BCUT2D eigenvalue weighted by molar-refractivity contribution is 6.04. The van der Waals surface area contributed by atoms with Crippen molar-refractivity contribution >= 4 is 17.8 Å². The predicted molar refractivity (Wildman–Crippen MR) is 144 cm³/mol. The topological polar surface area (TPSA) is 151 Å². The molecule has 1 atom stereocenters. The third-order valence-corrected chi connectivity index (χ3v) is 6.29. The van der Waals surface area contributed by atoms with E-state index in [4.69, 9.17) is 26.0 Å². The molecule has 0 radical (unpaired) electrons. The standard InChI is InChI=1S/C27H35N7O4/c1-27(2,3)38-26(36)33-14-6-5-7-20(33)24-32-23(21(16-28)34(24)29)17-8-10-18(11-9-17)25(35)31-22-15-19(37-4)12-13-30-22/h8-13,15,20H,5-7,14,16,28-29H2,1-4H3,(H,30,31,35)/t20-/m0/s1. The molecule has 38 heavy (non-hydrogen) atoms. The molecule has 11 nitrogen and oxygen atoms in total. The number of likely N-dealkylation sites (tertiary alicyclic amines) is 1. The second kappa shape index (κ2) is 11.1. The summed E-state index contributed by atoms with van der Waals surface area (Å²) in [5, 5.41) is 2.76. The molecule has 1 aliphatic heterocycles. The van der Waals surface area contributed by atoms with E-state index >= 15 is 0 Å². The van der Waals surface area contributed by atoms with Gasteiger partial charge in [-0.3, -0.25) is 9.69 Å². The third kappa shape index (κ3) is 5.88. The quantitative estimate of drug-likeness (QED) is 0.414. The number of benzene rings is 1. The van der Waals surface area contributed by atoms with Gasteiger partial charge in [0.05, 0.1) is 24.5 Å². The fraction of sp³-hybridized carbons (Fsp3) is 0.407. The minimum Gasteiger partial charge on any atom is -0.497 e. The van der Waals surface area contributed by atoms with Gasteiger partial charge in [-0.1, -0.05) is 12.1 Å². The van der Waals surface area contributed by atoms with Crippen molar-refractivity contribution in [1.82, 2.24) is 19.5 Å². The summed E-state index contributed by atoms with van der Waals surface area (Å²) < 4.78 is 12.3. The number of carbonyl (C=O) groups excluding carboxylic acids is 2. The van der Waals surface area contributed by atoms with Gasteiger partial charge < -0.3 is 26.4 Å². The Kier molecular flexibility index (Phi) is 7.86. The van der Waals surface area contributed by atoms with Gasteiger partial charge in [-0.15, -0.1) is 0 Å². The Morgan fingerprint density at radius 3 is 2.55 bits per heavy atom. The highest BCUT2D eigenvalue weighted by Crippen LogP contribution is 2.34. The molecule has 4 rings (SSSR count). The van der Waals surface area contributed by atoms with Crippen LogP contribution in [0.5, 0.6) is 5.75 Å². The van der Waals surface area contributed by atoms with Crippen molar-refractivity contribution in [1.29, 1.82) is 0 Å². The number of pyridine rings is 1. The molecule has 202 valence electrons. The number of hydrogen-bond acceptors (Lipinski definition) is 8. The first-order valence-corrected chi connectivity index (χ1v) is 12.6. The van der Waals surface area contributed by atoms with Crippen LogP contribution in [0.15, 0.2) is 42.6 Å². The highest BCUT2D eigenvalue weighted by Gasteiger charge is 2.35. The number of nitrogens with two attached hydrogens (primary N) is 2. The van der Waals surface area contributed by atoms with Gasteiger partial charge in [-0.2, -0.15) is 0 Å². The summed E-state index contributed by atoms with van der Waals surface area (Å²) in [5.41, 5.74) is 7.91. The molecule has 1 aliphatic rings. The van der Waals surface area contributed by atoms with Crippen LogP contribution < -0.4 is 21.6 Å². The molecule has 2 amide bonds. The molecule has 2 aromatic heterocycles. The van der Waals surface area contributed by atoms with Crippen LogP contribution in [-0.4, -0.2) is 50.8 Å². The normalized spacial score (nSPS) is 15.7. The molecule has 3 heterocycles. The number of carbonyl (C=O) groups is 2. The molecule has 0 saturated carbocycles. The van der Waals surface area contributed by atoms with Crippen molar-refractivity contribution in [3.8, 4) is 17.0 Å². The van der Waals surface area contributed by atoms with Crippen LogP contribution in [0.1, 0.15) is 68.0 Å². The number of hydrogen-bond donors (Lipinski definition) is 3. The second-order valence-electron chi connectivity index (χ2n) is 10.1. The lowest BCUT2D eigenvalue weighted by molar-refractivity contribution is 0.00819. The van der Waals surface area contributed by atoms with Crippen LogP contribution in [0.4, 0.5) is 10.6 Å². The van der Waals surface area contributed by atoms with Crippen LogP contribution in [0, 0.1) is 0 Å². The van der Waals surface area contributed by atoms with E-state index < -0.39 is 5.60 Å². The lowest BCUT2D eigenvalue weighted by atomic mass is 10.0. The van der Waals surface area contributed by atoms with Gasteiger partial charge in [-0.05, 0) is 58.2 Å². The highest BCUT2D eigenvalue weighted by atomic mass is 16.6. The maximum atomic E-state index is 13.0. The number of ether oxygens (including phenoxy) is 2. The summed E-state index contributed by atoms with van der Waals surface area (Å²) in [6.07, 6.45) is 3.71. The Bertz CT molecular complexity index is 1300. The number of imidazole rings is 1. The van der Waals surface area contributed by atoms with Crippen molar-refractivity contribution in [2.45, 2.75) is 58.2 Å². The zero-order valence-electron chi connectivity index (χ0n) is 22.2. The van der Waals surface area contributed by atoms with E-state index in [0.717, 1.165) is 18.4 Å². The van der Waals surface area contributed by atoms with Gasteiger partial charge in [0.1, 0.15) is 17.2 Å². The molecule has 0 unspecified atom stereocenters. The minimum absolute atomic E-state index is 0.155. The number of piperidine rings is 1. The van der Waals surface area contributed by atoms with E-state index in [0.29, 0.717) is 47.3 Å². The molecular formula is C27H35N7O4. The fourth-order valence-electron chi connectivity index (χ4n) is 4.46. The first-order chi connectivity index (χ1) is 18.1. The van der Waals surface area contributed by atoms with Gasteiger partial charge in [-0.25, -0.2) is 19.4 Å². The van der Waals surface area contributed by atoms with E-state index in [-0.39, 0.29) is 24.6 Å². The number of anilines is 1. The zero-order chi connectivity index (χ0) is 27.4. The van der Waals surface area contributed by atoms with Crippen LogP contribution >= 0.6 is 0 Å². The summed E-state index contributed by atoms with van der Waals surface area (Å²) in [5.74, 6) is 7.70. The van der Waals surface area contributed by atoms with E-state index in [1.807, 2.05) is 20.8 Å². The summed E-state index contributed by atoms with van der Waals surface area (Å²) in [7, 11) is 1.55. The monoisotopic (exact) mass is 521 g/mol. The molecule has 3 aromatic rings. The minimum atomic E-state index is -0.610. The van der Waals surface area contributed by atoms with Crippen molar-refractivity contribution in [2.24, 2.45) is 5.73 Å². The van der Waals surface area contributed by atoms with Crippen molar-refractivity contribution in [3.63, 3.8) is 0 Å². The summed E-state index contributed by atoms with van der Waals surface area (Å²) >= 11 is 0. The van der Waals surface area contributed by atoms with Crippen LogP contribution in [0.2, 0.25) is 0 Å². The molecule has 0 spiro atoms. The summed E-state index contributed by atoms with van der Waals surface area (Å²) in [4.78, 5) is 36.4. The van der Waals surface area contributed by atoms with Gasteiger partial charge >= 0.3 is 6.09 Å². The molecular weight excluding hydrogens is 486 g/mol. The van der Waals surface area contributed by atoms with E-state index in [2.05, 4.69) is 10.3 Å². The van der Waals surface area contributed by atoms with Crippen LogP contribution in [-0.2, 0) is 11.3 Å². The van der Waals surface area contributed by atoms with Crippen molar-refractivity contribution < 1.29 is 19.1 Å². The molecule has 1 aromatic carbocycles. The number of methoxy groups -OCH3 is 1. The summed E-state index contributed by atoms with van der Waals surface area (Å²) in [6, 6.07) is 10.0. The molecule has 5 N–H and O–H groups in total. The van der Waals surface area contributed by atoms with Crippen molar-refractivity contribution in [2.75, 3.05) is 24.8 Å². The van der Waals surface area contributed by atoms with E-state index in [1.165, 1.54) is 4.68 Å². The van der Waals surface area contributed by atoms with E-state index in [1.54, 1.807) is 54.6 Å². The molecule has 1 saturated heterocycles. The number of aromatic nitrogens is 3. The second-order valence-corrected chi connectivity index (χ2v) is 10.1. The van der Waals surface area contributed by atoms with Gasteiger partial charge in [0, 0.05) is 36.5 Å². The lowest BCUT2D eigenvalue weighted by Gasteiger charge is -2.36. The van der Waals surface area contributed by atoms with Gasteiger partial charge in [0.25, 0.3) is 5.91 Å². The number of nitrogens with one attached hydrogen (secondary N) is 1. The first-order valence-electron chi connectivity index (χ1n) is 12.6. The molecule has 1 fully saturated rings. The van der Waals surface area contributed by atoms with Crippen LogP contribution in [0.3, 0.4) is 0 Å². The van der Waals surface area contributed by atoms with Gasteiger partial charge in [0.2, 0.25) is 0 Å². The average molecular weight is 522 g/mol. The number of amides is 2. The first kappa shape index (κ1) is 26.9. The molecule has 0 aliphatic carbocycles. The zero-order valence-corrected chi connectivity index (χ0v) is 22.2. The fourth-order valence-corrected chi connectivity index (χ4v) is 4.46. The lowest BCUT2D eigenvalue weighted by Crippen LogP contribution is -2.43. The largest absolute Gasteiger partial charge is 0.497 e. The number of nitrogen functional groups attached to an aromatic ring is 1. The van der Waals surface area contributed by atoms with E-state index in [9.17, 15) is 9.59 Å². The summed E-state index contributed by atoms with van der Waals surface area (Å²) in [6.45, 7) is 6.24. The Morgan fingerprint density at radius 2 is 1.89 bits per heavy atom. The number of nitrogens with zero attached hydrogens (tertiary/aromatic N) is 4. The average Bonchev–Trinajstić information content (AvgIpc) is 3.23. The molecule has 0 bridgehead atoms. The maximum absolute atomic E-state index is 13.0. The Hall–Kier alpha value is -4.12. The van der Waals surface area contributed by atoms with Crippen molar-refractivity contribution in [3.05, 3.63) is 59.7 Å². The third-order valence-electron chi connectivity index (χ3n) is 6.29. The Balaban J connectivity index is 1.58. The molecule has 11 heteroatoms. The Labute approximate surface area is 222 Å². The predicted octanol–water partition coefficient (Wildman–Crippen LogP) is 3.84. The maximum Gasteiger partial charge on any atom is 0.410 e. The van der Waals surface area contributed by atoms with Gasteiger partial charge in [0.15, 0.2) is 5.82 Å². The van der Waals surface area contributed by atoms with Crippen LogP contribution in [0.25, 0.3) is 11.3 Å². The smallest absolute Gasteiger partial charge is 0.410 e. The SMILES string of the molecule is COc1ccnc(NC(=O)c2ccc(-c3nc([C@@H]4CCCCN4C(=O)OC(C)(C)C)n(N)c3CN)cc2)c1.